The molecule has 1 aromatic rings. The Kier molecular flexibility index (Phi) is 8.51. The van der Waals surface area contributed by atoms with Gasteiger partial charge in [-0.25, -0.2) is 0 Å². The van der Waals surface area contributed by atoms with Gasteiger partial charge in [0.25, 0.3) is 5.91 Å². The van der Waals surface area contributed by atoms with Crippen LogP contribution in [-0.2, 0) is 4.79 Å². The zero-order valence-electron chi connectivity index (χ0n) is 13.4. The van der Waals surface area contributed by atoms with Gasteiger partial charge in [-0.3, -0.25) is 4.79 Å². The summed E-state index contributed by atoms with van der Waals surface area (Å²) in [7, 11) is 0. The van der Waals surface area contributed by atoms with Crippen LogP contribution in [0.2, 0.25) is 0 Å². The molecule has 4 heteroatoms. The van der Waals surface area contributed by atoms with Crippen molar-refractivity contribution in [3.05, 3.63) is 29.8 Å². The first-order valence-electron chi connectivity index (χ1n) is 7.94. The fraction of sp³-hybridized carbons (Fsp3) is 0.588. The van der Waals surface area contributed by atoms with Crippen molar-refractivity contribution in [2.45, 2.75) is 46.1 Å². The number of nitrogens with one attached hydrogen (secondary N) is 2. The maximum atomic E-state index is 11.7. The van der Waals surface area contributed by atoms with Gasteiger partial charge in [-0.1, -0.05) is 45.4 Å². The van der Waals surface area contributed by atoms with Crippen LogP contribution >= 0.6 is 0 Å². The SMILES string of the molecule is CCCCNC(=O)COc1ccccc1C(CC)NCC. The molecule has 21 heavy (non-hydrogen) atoms. The van der Waals surface area contributed by atoms with Crippen LogP contribution in [0.25, 0.3) is 0 Å². The molecule has 0 bridgehead atoms. The standard InChI is InChI=1S/C17H28N2O2/c1-4-7-12-19-17(20)13-21-16-11-9-8-10-14(16)15(5-2)18-6-3/h8-11,15,18H,4-7,12-13H2,1-3H3,(H,19,20). The highest BCUT2D eigenvalue weighted by molar-refractivity contribution is 5.77. The van der Waals surface area contributed by atoms with E-state index >= 15 is 0 Å². The van der Waals surface area contributed by atoms with Crippen molar-refractivity contribution in [3.63, 3.8) is 0 Å². The van der Waals surface area contributed by atoms with Gasteiger partial charge in [0, 0.05) is 18.2 Å². The fourth-order valence-corrected chi connectivity index (χ4v) is 2.22. The summed E-state index contributed by atoms with van der Waals surface area (Å²) in [4.78, 5) is 11.7. The average Bonchev–Trinajstić information content (AvgIpc) is 2.51. The zero-order valence-corrected chi connectivity index (χ0v) is 13.4. The lowest BCUT2D eigenvalue weighted by Crippen LogP contribution is -2.30. The molecule has 1 aromatic carbocycles. The van der Waals surface area contributed by atoms with Crippen LogP contribution in [0.15, 0.2) is 24.3 Å². The van der Waals surface area contributed by atoms with E-state index in [4.69, 9.17) is 4.74 Å². The van der Waals surface area contributed by atoms with Crippen LogP contribution in [-0.4, -0.2) is 25.6 Å². The van der Waals surface area contributed by atoms with E-state index < -0.39 is 0 Å². The largest absolute Gasteiger partial charge is 0.483 e. The smallest absolute Gasteiger partial charge is 0.257 e. The highest BCUT2D eigenvalue weighted by Gasteiger charge is 2.13. The number of hydrogen-bond acceptors (Lipinski definition) is 3. The topological polar surface area (TPSA) is 50.4 Å². The molecule has 2 N–H and O–H groups in total. The number of carbonyl (C=O) groups is 1. The summed E-state index contributed by atoms with van der Waals surface area (Å²) in [6.07, 6.45) is 3.06. The van der Waals surface area contributed by atoms with Crippen molar-refractivity contribution < 1.29 is 9.53 Å². The third-order valence-corrected chi connectivity index (χ3v) is 3.36. The molecule has 4 nitrogen and oxygen atoms in total. The normalized spacial score (nSPS) is 12.0. The Labute approximate surface area is 128 Å². The molecule has 0 radical (unpaired) electrons. The summed E-state index contributed by atoms with van der Waals surface area (Å²) in [5.74, 6) is 0.727. The Hall–Kier alpha value is -1.55. The van der Waals surface area contributed by atoms with Crippen molar-refractivity contribution in [3.8, 4) is 5.75 Å². The number of ether oxygens (including phenoxy) is 1. The van der Waals surface area contributed by atoms with Gasteiger partial charge in [0.05, 0.1) is 0 Å². The number of rotatable bonds is 10. The van der Waals surface area contributed by atoms with Gasteiger partial charge in [0.15, 0.2) is 6.61 Å². The quantitative estimate of drug-likeness (QED) is 0.652. The van der Waals surface area contributed by atoms with Crippen LogP contribution in [0, 0.1) is 0 Å². The predicted octanol–water partition coefficient (Wildman–Crippen LogP) is 3.04. The number of benzene rings is 1. The second-order valence-corrected chi connectivity index (χ2v) is 5.05. The maximum absolute atomic E-state index is 11.7. The van der Waals surface area contributed by atoms with E-state index in [1.165, 1.54) is 0 Å². The van der Waals surface area contributed by atoms with E-state index in [-0.39, 0.29) is 18.6 Å². The van der Waals surface area contributed by atoms with Gasteiger partial charge in [-0.15, -0.1) is 0 Å². The van der Waals surface area contributed by atoms with Gasteiger partial charge in [0.2, 0.25) is 0 Å². The predicted molar refractivity (Wildman–Crippen MR) is 86.6 cm³/mol. The third-order valence-electron chi connectivity index (χ3n) is 3.36. The zero-order chi connectivity index (χ0) is 15.5. The minimum absolute atomic E-state index is 0.0604. The second kappa shape index (κ2) is 10.2. The summed E-state index contributed by atoms with van der Waals surface area (Å²) >= 11 is 0. The molecule has 1 amide bonds. The number of hydrogen-bond donors (Lipinski definition) is 2. The minimum atomic E-state index is -0.0604. The molecule has 1 atom stereocenters. The molecule has 1 rings (SSSR count). The van der Waals surface area contributed by atoms with Crippen molar-refractivity contribution in [2.24, 2.45) is 0 Å². The molecule has 0 spiro atoms. The number of para-hydroxylation sites is 1. The van der Waals surface area contributed by atoms with Gasteiger partial charge >= 0.3 is 0 Å². The molecular formula is C17H28N2O2. The van der Waals surface area contributed by atoms with Crippen molar-refractivity contribution in [1.29, 1.82) is 0 Å². The minimum Gasteiger partial charge on any atom is -0.483 e. The average molecular weight is 292 g/mol. The first-order chi connectivity index (χ1) is 10.2. The van der Waals surface area contributed by atoms with Crippen molar-refractivity contribution in [1.82, 2.24) is 10.6 Å². The number of amides is 1. The van der Waals surface area contributed by atoms with Crippen LogP contribution in [0.4, 0.5) is 0 Å². The Balaban J connectivity index is 2.60. The number of carbonyl (C=O) groups excluding carboxylic acids is 1. The van der Waals surface area contributed by atoms with Crippen LogP contribution < -0.4 is 15.4 Å². The third kappa shape index (κ3) is 6.17. The molecule has 0 heterocycles. The lowest BCUT2D eigenvalue weighted by Gasteiger charge is -2.20. The van der Waals surface area contributed by atoms with Gasteiger partial charge in [-0.05, 0) is 25.5 Å². The maximum Gasteiger partial charge on any atom is 0.257 e. The molecule has 0 saturated heterocycles. The Morgan fingerprint density at radius 2 is 2.00 bits per heavy atom. The highest BCUT2D eigenvalue weighted by atomic mass is 16.5. The van der Waals surface area contributed by atoms with E-state index in [2.05, 4.69) is 37.5 Å². The first kappa shape index (κ1) is 17.5. The molecule has 0 saturated carbocycles. The molecule has 0 aliphatic heterocycles. The molecule has 0 aliphatic rings. The van der Waals surface area contributed by atoms with E-state index in [1.54, 1.807) is 0 Å². The lowest BCUT2D eigenvalue weighted by atomic mass is 10.0. The van der Waals surface area contributed by atoms with E-state index in [0.29, 0.717) is 0 Å². The van der Waals surface area contributed by atoms with Crippen molar-refractivity contribution >= 4 is 5.91 Å². The second-order valence-electron chi connectivity index (χ2n) is 5.05. The Morgan fingerprint density at radius 3 is 2.67 bits per heavy atom. The summed E-state index contributed by atoms with van der Waals surface area (Å²) in [5, 5.41) is 6.30. The highest BCUT2D eigenvalue weighted by Crippen LogP contribution is 2.26. The summed E-state index contributed by atoms with van der Waals surface area (Å²) in [6, 6.07) is 8.18. The van der Waals surface area contributed by atoms with E-state index in [0.717, 1.165) is 43.7 Å². The van der Waals surface area contributed by atoms with Gasteiger partial charge in [0.1, 0.15) is 5.75 Å². The van der Waals surface area contributed by atoms with E-state index in [1.807, 2.05) is 18.2 Å². The molecule has 1 unspecified atom stereocenters. The van der Waals surface area contributed by atoms with Crippen molar-refractivity contribution in [2.75, 3.05) is 19.7 Å². The monoisotopic (exact) mass is 292 g/mol. The summed E-state index contributed by atoms with van der Waals surface area (Å²) < 4.78 is 5.71. The Bertz CT molecular complexity index is 421. The molecule has 0 fully saturated rings. The van der Waals surface area contributed by atoms with Gasteiger partial charge < -0.3 is 15.4 Å². The van der Waals surface area contributed by atoms with E-state index in [9.17, 15) is 4.79 Å². The molecule has 0 aliphatic carbocycles. The van der Waals surface area contributed by atoms with Crippen LogP contribution in [0.1, 0.15) is 51.6 Å². The lowest BCUT2D eigenvalue weighted by molar-refractivity contribution is -0.123. The summed E-state index contributed by atoms with van der Waals surface area (Å²) in [6.45, 7) is 8.03. The molecule has 0 aromatic heterocycles. The van der Waals surface area contributed by atoms with Gasteiger partial charge in [-0.2, -0.15) is 0 Å². The summed E-state index contributed by atoms with van der Waals surface area (Å²) in [5.41, 5.74) is 1.11. The number of unbranched alkanes of at least 4 members (excludes halogenated alkanes) is 1. The fourth-order valence-electron chi connectivity index (χ4n) is 2.22. The first-order valence-corrected chi connectivity index (χ1v) is 7.94. The molecular weight excluding hydrogens is 264 g/mol. The molecule has 118 valence electrons. The Morgan fingerprint density at radius 1 is 1.24 bits per heavy atom. The van der Waals surface area contributed by atoms with Crippen LogP contribution in [0.5, 0.6) is 5.75 Å². The van der Waals surface area contributed by atoms with Crippen LogP contribution in [0.3, 0.4) is 0 Å².